The largest absolute Gasteiger partial charge is 0.325 e. The lowest BCUT2D eigenvalue weighted by Gasteiger charge is -2.31. The van der Waals surface area contributed by atoms with E-state index in [1.807, 2.05) is 0 Å². The highest BCUT2D eigenvalue weighted by Crippen LogP contribution is 2.29. The van der Waals surface area contributed by atoms with E-state index in [9.17, 15) is 14.0 Å². The van der Waals surface area contributed by atoms with Crippen molar-refractivity contribution in [1.29, 1.82) is 0 Å². The number of benzene rings is 1. The summed E-state index contributed by atoms with van der Waals surface area (Å²) < 4.78 is 13.5. The van der Waals surface area contributed by atoms with Gasteiger partial charge in [-0.3, -0.25) is 9.69 Å². The lowest BCUT2D eigenvalue weighted by Crippen LogP contribution is -2.53. The molecule has 7 heteroatoms. The second-order valence-corrected chi connectivity index (χ2v) is 5.74. The van der Waals surface area contributed by atoms with Crippen LogP contribution in [-0.2, 0) is 11.3 Å². The van der Waals surface area contributed by atoms with Crippen molar-refractivity contribution in [2.75, 3.05) is 13.1 Å². The maximum atomic E-state index is 13.5. The molecule has 1 aromatic rings. The molecule has 0 unspecified atom stereocenters. The second-order valence-electron chi connectivity index (χ2n) is 5.37. The Morgan fingerprint density at radius 2 is 2.00 bits per heavy atom. The predicted octanol–water partition coefficient (Wildman–Crippen LogP) is 1.65. The zero-order valence-corrected chi connectivity index (χ0v) is 12.0. The minimum absolute atomic E-state index is 0.0174. The van der Waals surface area contributed by atoms with Gasteiger partial charge in [-0.25, -0.2) is 9.18 Å². The van der Waals surface area contributed by atoms with Crippen LogP contribution >= 0.6 is 11.6 Å². The topological polar surface area (TPSA) is 61.4 Å². The number of carbonyl (C=O) groups is 2. The van der Waals surface area contributed by atoms with Crippen molar-refractivity contribution >= 4 is 23.5 Å². The first kappa shape index (κ1) is 14.3. The van der Waals surface area contributed by atoms with Crippen LogP contribution < -0.4 is 10.6 Å². The van der Waals surface area contributed by atoms with E-state index >= 15 is 0 Å². The van der Waals surface area contributed by atoms with Gasteiger partial charge in [0.05, 0.1) is 11.6 Å². The Hall–Kier alpha value is -1.66. The van der Waals surface area contributed by atoms with E-state index in [0.29, 0.717) is 31.5 Å². The number of halogens is 2. The van der Waals surface area contributed by atoms with E-state index in [0.717, 1.165) is 4.90 Å². The average molecular weight is 312 g/mol. The third kappa shape index (κ3) is 2.38. The molecule has 2 saturated heterocycles. The Balaban J connectivity index is 1.84. The number of hydrogen-bond acceptors (Lipinski definition) is 3. The van der Waals surface area contributed by atoms with Crippen LogP contribution in [0.2, 0.25) is 5.02 Å². The predicted molar refractivity (Wildman–Crippen MR) is 75.3 cm³/mol. The molecule has 0 aromatic heterocycles. The van der Waals surface area contributed by atoms with Gasteiger partial charge in [0.25, 0.3) is 5.91 Å². The summed E-state index contributed by atoms with van der Waals surface area (Å²) >= 11 is 5.89. The number of imide groups is 1. The van der Waals surface area contributed by atoms with Crippen molar-refractivity contribution < 1.29 is 14.0 Å². The summed E-state index contributed by atoms with van der Waals surface area (Å²) in [6.07, 6.45) is 1.12. The van der Waals surface area contributed by atoms with Crippen molar-refractivity contribution in [1.82, 2.24) is 15.5 Å². The highest BCUT2D eigenvalue weighted by molar-refractivity contribution is 6.31. The number of nitrogens with one attached hydrogen (secondary N) is 2. The Kier molecular flexibility index (Phi) is 3.59. The monoisotopic (exact) mass is 311 g/mol. The molecule has 1 spiro atoms. The van der Waals surface area contributed by atoms with E-state index in [2.05, 4.69) is 10.6 Å². The molecule has 5 nitrogen and oxygen atoms in total. The van der Waals surface area contributed by atoms with Gasteiger partial charge >= 0.3 is 6.03 Å². The molecule has 2 aliphatic heterocycles. The first-order valence-electron chi connectivity index (χ1n) is 6.81. The standard InChI is InChI=1S/C14H15ClFN3O2/c15-11-9(2-1-3-10(11)16)8-19-12(20)14(18-13(19)21)4-6-17-7-5-14/h1-3,17H,4-8H2,(H,18,21). The molecule has 0 aliphatic carbocycles. The van der Waals surface area contributed by atoms with Gasteiger partial charge < -0.3 is 10.6 Å². The van der Waals surface area contributed by atoms with Crippen LogP contribution in [0.5, 0.6) is 0 Å². The van der Waals surface area contributed by atoms with Crippen LogP contribution in [0, 0.1) is 5.82 Å². The minimum atomic E-state index is -0.817. The number of amides is 3. The molecule has 0 radical (unpaired) electrons. The van der Waals surface area contributed by atoms with Crippen LogP contribution in [0.4, 0.5) is 9.18 Å². The Bertz CT molecular complexity index is 602. The molecular formula is C14H15ClFN3O2. The molecule has 2 N–H and O–H groups in total. The Morgan fingerprint density at radius 1 is 1.29 bits per heavy atom. The number of piperidine rings is 1. The second kappa shape index (κ2) is 5.27. The van der Waals surface area contributed by atoms with E-state index in [1.165, 1.54) is 12.1 Å². The maximum absolute atomic E-state index is 13.5. The van der Waals surface area contributed by atoms with Gasteiger partial charge in [-0.2, -0.15) is 0 Å². The average Bonchev–Trinajstić information content (AvgIpc) is 2.69. The Morgan fingerprint density at radius 3 is 2.71 bits per heavy atom. The molecule has 3 amide bonds. The fourth-order valence-electron chi connectivity index (χ4n) is 2.85. The van der Waals surface area contributed by atoms with Crippen LogP contribution in [0.25, 0.3) is 0 Å². The molecule has 0 atom stereocenters. The first-order chi connectivity index (χ1) is 10.0. The summed E-state index contributed by atoms with van der Waals surface area (Å²) in [5.74, 6) is -0.813. The highest BCUT2D eigenvalue weighted by Gasteiger charge is 2.51. The van der Waals surface area contributed by atoms with Crippen molar-refractivity contribution in [3.05, 3.63) is 34.6 Å². The van der Waals surface area contributed by atoms with Gasteiger partial charge in [-0.1, -0.05) is 23.7 Å². The van der Waals surface area contributed by atoms with Crippen LogP contribution in [0.15, 0.2) is 18.2 Å². The molecule has 3 rings (SSSR count). The van der Waals surface area contributed by atoms with E-state index in [-0.39, 0.29) is 17.5 Å². The van der Waals surface area contributed by atoms with Crippen LogP contribution in [0.3, 0.4) is 0 Å². The first-order valence-corrected chi connectivity index (χ1v) is 7.19. The van der Waals surface area contributed by atoms with E-state index < -0.39 is 17.4 Å². The van der Waals surface area contributed by atoms with E-state index in [1.54, 1.807) is 6.07 Å². The highest BCUT2D eigenvalue weighted by atomic mass is 35.5. The van der Waals surface area contributed by atoms with Gasteiger partial charge in [0.15, 0.2) is 0 Å². The summed E-state index contributed by atoms with van der Waals surface area (Å²) in [5, 5.41) is 5.89. The summed E-state index contributed by atoms with van der Waals surface area (Å²) in [6.45, 7) is 1.34. The van der Waals surface area contributed by atoms with Crippen molar-refractivity contribution in [2.24, 2.45) is 0 Å². The summed E-state index contributed by atoms with van der Waals surface area (Å²) in [4.78, 5) is 25.8. The smallest absolute Gasteiger partial charge is 0.323 e. The molecular weight excluding hydrogens is 297 g/mol. The number of urea groups is 1. The lowest BCUT2D eigenvalue weighted by molar-refractivity contribution is -0.132. The molecule has 21 heavy (non-hydrogen) atoms. The summed E-state index contributed by atoms with van der Waals surface area (Å²) in [7, 11) is 0. The third-order valence-electron chi connectivity index (χ3n) is 4.06. The van der Waals surface area contributed by atoms with Crippen molar-refractivity contribution in [3.8, 4) is 0 Å². The molecule has 2 heterocycles. The molecule has 0 bridgehead atoms. The molecule has 112 valence electrons. The quantitative estimate of drug-likeness (QED) is 0.817. The third-order valence-corrected chi connectivity index (χ3v) is 4.49. The zero-order chi connectivity index (χ0) is 15.0. The minimum Gasteiger partial charge on any atom is -0.323 e. The van der Waals surface area contributed by atoms with Gasteiger partial charge in [0.1, 0.15) is 11.4 Å². The SMILES string of the molecule is O=C1NC2(CCNCC2)C(=O)N1Cc1cccc(F)c1Cl. The fourth-order valence-corrected chi connectivity index (χ4v) is 3.04. The zero-order valence-electron chi connectivity index (χ0n) is 11.3. The normalized spacial score (nSPS) is 21.0. The fraction of sp³-hybridized carbons (Fsp3) is 0.429. The van der Waals surface area contributed by atoms with Gasteiger partial charge in [0.2, 0.25) is 0 Å². The molecule has 1 aromatic carbocycles. The van der Waals surface area contributed by atoms with Gasteiger partial charge in [0, 0.05) is 0 Å². The summed E-state index contributed by atoms with van der Waals surface area (Å²) in [6, 6.07) is 3.92. The van der Waals surface area contributed by atoms with E-state index in [4.69, 9.17) is 11.6 Å². The number of rotatable bonds is 2. The number of nitrogens with zero attached hydrogens (tertiary/aromatic N) is 1. The van der Waals surface area contributed by atoms with Crippen LogP contribution in [0.1, 0.15) is 18.4 Å². The van der Waals surface area contributed by atoms with Crippen molar-refractivity contribution in [3.63, 3.8) is 0 Å². The molecule has 2 aliphatic rings. The number of hydrogen-bond donors (Lipinski definition) is 2. The van der Waals surface area contributed by atoms with Crippen LogP contribution in [-0.4, -0.2) is 35.5 Å². The Labute approximate surface area is 126 Å². The van der Waals surface area contributed by atoms with Crippen molar-refractivity contribution in [2.45, 2.75) is 24.9 Å². The maximum Gasteiger partial charge on any atom is 0.325 e. The van der Waals surface area contributed by atoms with Gasteiger partial charge in [-0.05, 0) is 37.6 Å². The molecule has 0 saturated carbocycles. The summed E-state index contributed by atoms with van der Waals surface area (Å²) in [5.41, 5.74) is -0.395. The molecule has 2 fully saturated rings. The number of carbonyl (C=O) groups excluding carboxylic acids is 2. The van der Waals surface area contributed by atoms with Gasteiger partial charge in [-0.15, -0.1) is 0 Å². The lowest BCUT2D eigenvalue weighted by atomic mass is 9.88.